The summed E-state index contributed by atoms with van der Waals surface area (Å²) in [5, 5.41) is 33.3. The molecule has 2 N–H and O–H groups in total. The van der Waals surface area contributed by atoms with E-state index in [1.807, 2.05) is 39.8 Å². The fourth-order valence-corrected chi connectivity index (χ4v) is 13.1. The maximum absolute atomic E-state index is 15.7. The molecule has 0 aliphatic carbocycles. The summed E-state index contributed by atoms with van der Waals surface area (Å²) in [6, 6.07) is 20.6. The van der Waals surface area contributed by atoms with Gasteiger partial charge >= 0.3 is 23.9 Å². The van der Waals surface area contributed by atoms with Crippen LogP contribution in [-0.2, 0) is 42.7 Å². The minimum atomic E-state index is -0.827. The van der Waals surface area contributed by atoms with Gasteiger partial charge in [0.2, 0.25) is 11.8 Å². The van der Waals surface area contributed by atoms with E-state index >= 15 is 8.78 Å². The number of carbonyl (C=O) groups excluding carboxylic acids is 5. The summed E-state index contributed by atoms with van der Waals surface area (Å²) < 4.78 is 117. The van der Waals surface area contributed by atoms with Gasteiger partial charge in [-0.1, -0.05) is 44.0 Å². The molecule has 4 aromatic carbocycles. The SMILES string of the molecule is CCOC(=O)CC(=O)c1ccc(Br)cc1F.CCOC(=O)c1cnn([C@@H]2COC[C@H]2O)c1-c1ccc(-c2c(C)cc(C)nc2OC)cc1F.CCOC(=O)c1cnn([C@@H]2COC[C@H]2O)c1-c1ccc(Br)cc1F.CCOC(=O)c1cnn([C@@H]2COC[C@H]2OC)c1-c1ccc(-c2c(C)cc(C)nc2OC)cc1F. The van der Waals surface area contributed by atoms with Crippen LogP contribution in [0.25, 0.3) is 56.0 Å². The highest BCUT2D eigenvalue weighted by atomic mass is 79.9. The van der Waals surface area contributed by atoms with Crippen molar-refractivity contribution in [2.24, 2.45) is 0 Å². The molecule has 9 aromatic rings. The zero-order chi connectivity index (χ0) is 77.5. The third kappa shape index (κ3) is 18.9. The first kappa shape index (κ1) is 81.5. The van der Waals surface area contributed by atoms with Gasteiger partial charge in [0.1, 0.15) is 82.8 Å². The van der Waals surface area contributed by atoms with E-state index in [0.717, 1.165) is 22.5 Å². The molecule has 3 aliphatic heterocycles. The Bertz CT molecular complexity index is 4710. The molecule has 5 aromatic heterocycles. The number of pyridine rings is 2. The molecule has 3 fully saturated rings. The molecule has 31 heteroatoms. The fraction of sp³-hybridized carbons (Fsp3) is 0.368. The second-order valence-electron chi connectivity index (χ2n) is 24.4. The van der Waals surface area contributed by atoms with Gasteiger partial charge in [0.25, 0.3) is 0 Å². The van der Waals surface area contributed by atoms with Gasteiger partial charge in [0.15, 0.2) is 5.78 Å². The molecule has 12 rings (SSSR count). The topological polar surface area (TPSA) is 297 Å². The largest absolute Gasteiger partial charge is 0.481 e. The summed E-state index contributed by atoms with van der Waals surface area (Å²) in [6.07, 6.45) is 1.75. The van der Waals surface area contributed by atoms with E-state index in [0.29, 0.717) is 61.9 Å². The van der Waals surface area contributed by atoms with Gasteiger partial charge in [-0.25, -0.2) is 41.9 Å². The first-order valence-electron chi connectivity index (χ1n) is 33.9. The smallest absolute Gasteiger partial charge is 0.341 e. The number of ether oxygens (including phenoxy) is 10. The van der Waals surface area contributed by atoms with Crippen LogP contribution in [0, 0.1) is 51.0 Å². The van der Waals surface area contributed by atoms with Crippen LogP contribution in [0.2, 0.25) is 0 Å². The first-order valence-corrected chi connectivity index (χ1v) is 35.5. The lowest BCUT2D eigenvalue weighted by Gasteiger charge is -2.20. The average Bonchev–Trinajstić information content (AvgIpc) is 1.69. The van der Waals surface area contributed by atoms with E-state index in [-0.39, 0.29) is 115 Å². The maximum Gasteiger partial charge on any atom is 0.341 e. The van der Waals surface area contributed by atoms with Gasteiger partial charge in [-0.3, -0.25) is 23.6 Å². The van der Waals surface area contributed by atoms with Crippen molar-refractivity contribution < 1.29 is 99.1 Å². The summed E-state index contributed by atoms with van der Waals surface area (Å²) in [4.78, 5) is 68.9. The van der Waals surface area contributed by atoms with E-state index in [1.165, 1.54) is 72.5 Å². The van der Waals surface area contributed by atoms with Crippen LogP contribution >= 0.6 is 31.9 Å². The van der Waals surface area contributed by atoms with E-state index in [9.17, 15) is 43.0 Å². The molecule has 6 atom stereocenters. The minimum absolute atomic E-state index is 0.101. The van der Waals surface area contributed by atoms with Crippen LogP contribution in [0.15, 0.2) is 112 Å². The van der Waals surface area contributed by atoms with Gasteiger partial charge in [0.05, 0.1) is 122 Å². The Balaban J connectivity index is 0.000000170. The highest BCUT2D eigenvalue weighted by molar-refractivity contribution is 9.10. The van der Waals surface area contributed by atoms with E-state index < -0.39 is 83.6 Å². The lowest BCUT2D eigenvalue weighted by atomic mass is 9.98. The highest BCUT2D eigenvalue weighted by Crippen LogP contribution is 2.41. The molecule has 0 amide bonds. The van der Waals surface area contributed by atoms with Crippen LogP contribution in [-0.4, -0.2) is 185 Å². The van der Waals surface area contributed by atoms with Gasteiger partial charge in [-0.2, -0.15) is 15.3 Å². The molecule has 25 nitrogen and oxygen atoms in total. The Kier molecular flexibility index (Phi) is 28.4. The van der Waals surface area contributed by atoms with Crippen molar-refractivity contribution in [3.05, 3.63) is 181 Å². The van der Waals surface area contributed by atoms with Crippen molar-refractivity contribution in [2.75, 3.05) is 87.4 Å². The molecular formula is C76H80Br2F4N8O17. The number of Topliss-reactive ketones (excluding diaryl/α,β-unsaturated/α-hetero) is 1. The van der Waals surface area contributed by atoms with Crippen molar-refractivity contribution in [3.63, 3.8) is 0 Å². The number of hydrogen-bond acceptors (Lipinski definition) is 22. The number of aliphatic hydroxyl groups excluding tert-OH is 2. The molecular weight excluding hydrogens is 1530 g/mol. The van der Waals surface area contributed by atoms with Crippen LogP contribution in [0.5, 0.6) is 11.8 Å². The maximum atomic E-state index is 15.7. The van der Waals surface area contributed by atoms with Crippen LogP contribution < -0.4 is 9.47 Å². The molecule has 0 spiro atoms. The van der Waals surface area contributed by atoms with Crippen molar-refractivity contribution in [3.8, 4) is 67.8 Å². The quantitative estimate of drug-likeness (QED) is 0.0222. The molecule has 568 valence electrons. The number of aryl methyl sites for hydroxylation is 4. The minimum Gasteiger partial charge on any atom is -0.481 e. The number of aliphatic hydroxyl groups is 2. The lowest BCUT2D eigenvalue weighted by Crippen LogP contribution is -2.26. The number of carbonyl (C=O) groups is 5. The highest BCUT2D eigenvalue weighted by Gasteiger charge is 2.38. The molecule has 8 heterocycles. The standard InChI is InChI=1S/C25H28FN3O5.C24H26FN3O5.C16H16BrFN2O4.C11H10BrFO3/c1-6-34-25(30)18-11-27-29(20-12-33-13-21(20)31-4)23(18)17-8-7-16(10-19(17)26)22-14(2)9-15(3)28-24(22)32-5;1-5-33-24(30)17-10-26-28(19-11-32-12-20(19)29)22(17)16-7-6-15(9-18(16)25)21-13(2)8-14(3)27-23(21)31-4;1-2-24-16(22)11-6-19-20(13-7-23-8-14(13)21)15(11)10-4-3-9(17)5-12(10)18;1-2-16-11(15)6-10(14)8-4-3-7(12)5-9(8)13/h7-11,20-21H,6,12-13H2,1-5H3;6-10,19-20,29H,5,11-12H2,1-4H3;3-6,13-14,21H,2,7-8H2,1H3;3-5H,2,6H2,1H3/t20-,21-;19-,20-;13-,14-;/m111./s1. The second kappa shape index (κ2) is 37.3. The van der Waals surface area contributed by atoms with Crippen molar-refractivity contribution in [1.82, 2.24) is 39.3 Å². The number of aromatic nitrogens is 8. The van der Waals surface area contributed by atoms with E-state index in [2.05, 4.69) is 61.9 Å². The molecule has 3 saturated heterocycles. The first-order chi connectivity index (χ1) is 51.3. The Hall–Kier alpha value is -9.60. The number of nitrogens with zero attached hydrogens (tertiary/aromatic N) is 8. The number of methoxy groups -OCH3 is 3. The normalized spacial score (nSPS) is 17.2. The monoisotopic (exact) mass is 1610 g/mol. The molecule has 0 unspecified atom stereocenters. The van der Waals surface area contributed by atoms with Gasteiger partial charge < -0.3 is 57.6 Å². The van der Waals surface area contributed by atoms with Crippen molar-refractivity contribution in [1.29, 1.82) is 0 Å². The number of halogens is 6. The predicted molar refractivity (Wildman–Crippen MR) is 389 cm³/mol. The number of rotatable bonds is 21. The number of benzene rings is 4. The number of esters is 4. The van der Waals surface area contributed by atoms with Crippen molar-refractivity contribution in [2.45, 2.75) is 98.2 Å². The Morgan fingerprint density at radius 3 is 1.21 bits per heavy atom. The van der Waals surface area contributed by atoms with E-state index in [4.69, 9.17) is 42.6 Å². The summed E-state index contributed by atoms with van der Waals surface area (Å²) >= 11 is 6.29. The van der Waals surface area contributed by atoms with Crippen LogP contribution in [0.4, 0.5) is 17.6 Å². The average molecular weight is 1610 g/mol. The van der Waals surface area contributed by atoms with Gasteiger partial charge in [-0.05, 0) is 150 Å². The Morgan fingerprint density at radius 2 is 0.850 bits per heavy atom. The summed E-state index contributed by atoms with van der Waals surface area (Å²) in [6.45, 7) is 16.5. The lowest BCUT2D eigenvalue weighted by molar-refractivity contribution is -0.142. The number of hydrogen-bond donors (Lipinski definition) is 2. The molecule has 0 bridgehead atoms. The number of ketones is 1. The van der Waals surface area contributed by atoms with Gasteiger partial charge in [0, 0.05) is 55.3 Å². The summed E-state index contributed by atoms with van der Waals surface area (Å²) in [5.74, 6) is -4.40. The van der Waals surface area contributed by atoms with Gasteiger partial charge in [-0.15, -0.1) is 0 Å². The second-order valence-corrected chi connectivity index (χ2v) is 26.2. The van der Waals surface area contributed by atoms with Crippen LogP contribution in [0.3, 0.4) is 0 Å². The molecule has 107 heavy (non-hydrogen) atoms. The molecule has 3 aliphatic rings. The molecule has 0 radical (unpaired) electrons. The summed E-state index contributed by atoms with van der Waals surface area (Å²) in [7, 11) is 4.65. The van der Waals surface area contributed by atoms with Crippen molar-refractivity contribution >= 4 is 61.5 Å². The third-order valence-corrected chi connectivity index (χ3v) is 18.2. The Morgan fingerprint density at radius 1 is 0.477 bits per heavy atom. The third-order valence-electron chi connectivity index (χ3n) is 17.2. The predicted octanol–water partition coefficient (Wildman–Crippen LogP) is 12.9. The fourth-order valence-electron chi connectivity index (χ4n) is 12.4. The summed E-state index contributed by atoms with van der Waals surface area (Å²) in [5.41, 5.74) is 7.80. The Labute approximate surface area is 630 Å². The molecule has 0 saturated carbocycles. The van der Waals surface area contributed by atoms with Crippen LogP contribution in [0.1, 0.15) is 116 Å². The van der Waals surface area contributed by atoms with E-state index in [1.54, 1.807) is 82.0 Å². The zero-order valence-corrected chi connectivity index (χ0v) is 63.6. The zero-order valence-electron chi connectivity index (χ0n) is 60.4.